The molecule has 5 heteroatoms. The molecular weight excluding hydrogens is 267 g/mol. The van der Waals surface area contributed by atoms with E-state index in [4.69, 9.17) is 0 Å². The highest BCUT2D eigenvalue weighted by Crippen LogP contribution is 2.45. The van der Waals surface area contributed by atoms with Gasteiger partial charge in [-0.3, -0.25) is 0 Å². The van der Waals surface area contributed by atoms with Crippen LogP contribution < -0.4 is 10.2 Å². The molecule has 110 valence electrons. The van der Waals surface area contributed by atoms with Gasteiger partial charge in [0.25, 0.3) is 0 Å². The molecule has 4 rings (SSSR count). The molecule has 1 aromatic heterocycles. The summed E-state index contributed by atoms with van der Waals surface area (Å²) < 4.78 is 15.4. The first-order valence-electron chi connectivity index (χ1n) is 7.62. The molecule has 2 fully saturated rings. The minimum Gasteiger partial charge on any atom is -0.366 e. The number of nitrogens with one attached hydrogen (secondary N) is 1. The Morgan fingerprint density at radius 1 is 1.19 bits per heavy atom. The Labute approximate surface area is 123 Å². The van der Waals surface area contributed by atoms with Gasteiger partial charge in [0, 0.05) is 32.1 Å². The van der Waals surface area contributed by atoms with Crippen molar-refractivity contribution in [3.8, 4) is 5.69 Å². The van der Waals surface area contributed by atoms with E-state index >= 15 is 0 Å². The number of piperazine rings is 1. The topological polar surface area (TPSA) is 33.1 Å². The molecule has 2 aromatic rings. The Morgan fingerprint density at radius 2 is 2.00 bits per heavy atom. The summed E-state index contributed by atoms with van der Waals surface area (Å²) in [7, 11) is 0. The Kier molecular flexibility index (Phi) is 3.15. The quantitative estimate of drug-likeness (QED) is 0.940. The number of hydrogen-bond donors (Lipinski definition) is 1. The monoisotopic (exact) mass is 286 g/mol. The number of aromatic nitrogens is 2. The second kappa shape index (κ2) is 5.15. The van der Waals surface area contributed by atoms with Gasteiger partial charge in [-0.2, -0.15) is 5.10 Å². The second-order valence-corrected chi connectivity index (χ2v) is 5.82. The SMILES string of the molecule is Fc1cccc(-n2ncc(N3CCNCC3)c2C2CC2)c1. The van der Waals surface area contributed by atoms with Gasteiger partial charge in [-0.25, -0.2) is 9.07 Å². The maximum absolute atomic E-state index is 13.5. The minimum absolute atomic E-state index is 0.214. The Morgan fingerprint density at radius 3 is 2.71 bits per heavy atom. The lowest BCUT2D eigenvalue weighted by atomic mass is 10.2. The van der Waals surface area contributed by atoms with Crippen LogP contribution in [-0.4, -0.2) is 36.0 Å². The Hall–Kier alpha value is -1.88. The van der Waals surface area contributed by atoms with E-state index < -0.39 is 0 Å². The van der Waals surface area contributed by atoms with Gasteiger partial charge in [0.1, 0.15) is 5.82 Å². The third kappa shape index (κ3) is 2.42. The normalized spacial score (nSPS) is 19.0. The zero-order valence-corrected chi connectivity index (χ0v) is 11.9. The van der Waals surface area contributed by atoms with Gasteiger partial charge in [-0.05, 0) is 31.0 Å². The van der Waals surface area contributed by atoms with Crippen LogP contribution in [0.4, 0.5) is 10.1 Å². The summed E-state index contributed by atoms with van der Waals surface area (Å²) in [4.78, 5) is 2.40. The fourth-order valence-electron chi connectivity index (χ4n) is 3.05. The summed E-state index contributed by atoms with van der Waals surface area (Å²) in [6.07, 6.45) is 4.37. The highest BCUT2D eigenvalue weighted by atomic mass is 19.1. The number of hydrogen-bond acceptors (Lipinski definition) is 3. The van der Waals surface area contributed by atoms with Crippen molar-refractivity contribution in [2.75, 3.05) is 31.1 Å². The molecule has 0 amide bonds. The lowest BCUT2D eigenvalue weighted by Crippen LogP contribution is -2.43. The predicted octanol–water partition coefficient (Wildman–Crippen LogP) is 2.30. The Bertz CT molecular complexity index is 641. The molecule has 0 radical (unpaired) electrons. The van der Waals surface area contributed by atoms with Gasteiger partial charge in [0.05, 0.1) is 23.3 Å². The van der Waals surface area contributed by atoms with Crippen molar-refractivity contribution in [2.24, 2.45) is 0 Å². The maximum atomic E-state index is 13.5. The van der Waals surface area contributed by atoms with E-state index in [-0.39, 0.29) is 5.82 Å². The van der Waals surface area contributed by atoms with Crippen molar-refractivity contribution >= 4 is 5.69 Å². The van der Waals surface area contributed by atoms with E-state index in [1.807, 2.05) is 16.9 Å². The number of rotatable bonds is 3. The molecule has 2 aliphatic rings. The third-order valence-electron chi connectivity index (χ3n) is 4.26. The van der Waals surface area contributed by atoms with Crippen LogP contribution in [0.3, 0.4) is 0 Å². The van der Waals surface area contributed by atoms with Crippen LogP contribution in [0.2, 0.25) is 0 Å². The number of nitrogens with zero attached hydrogens (tertiary/aromatic N) is 3. The van der Waals surface area contributed by atoms with E-state index in [9.17, 15) is 4.39 Å². The van der Waals surface area contributed by atoms with E-state index in [0.29, 0.717) is 5.92 Å². The predicted molar refractivity (Wildman–Crippen MR) is 80.6 cm³/mol. The minimum atomic E-state index is -0.214. The van der Waals surface area contributed by atoms with Crippen LogP contribution in [0.25, 0.3) is 5.69 Å². The number of benzene rings is 1. The maximum Gasteiger partial charge on any atom is 0.125 e. The Balaban J connectivity index is 1.76. The third-order valence-corrected chi connectivity index (χ3v) is 4.26. The van der Waals surface area contributed by atoms with Gasteiger partial charge < -0.3 is 10.2 Å². The molecule has 1 N–H and O–H groups in total. The van der Waals surface area contributed by atoms with Crippen LogP contribution in [-0.2, 0) is 0 Å². The fourth-order valence-corrected chi connectivity index (χ4v) is 3.05. The van der Waals surface area contributed by atoms with Gasteiger partial charge >= 0.3 is 0 Å². The van der Waals surface area contributed by atoms with Crippen molar-refractivity contribution in [3.05, 3.63) is 42.0 Å². The number of halogens is 1. The van der Waals surface area contributed by atoms with Gasteiger partial charge in [0.15, 0.2) is 0 Å². The van der Waals surface area contributed by atoms with E-state index in [1.165, 1.54) is 30.3 Å². The first-order chi connectivity index (χ1) is 10.3. The molecule has 4 nitrogen and oxygen atoms in total. The van der Waals surface area contributed by atoms with Crippen molar-refractivity contribution in [1.82, 2.24) is 15.1 Å². The van der Waals surface area contributed by atoms with Crippen LogP contribution in [0.1, 0.15) is 24.5 Å². The average Bonchev–Trinajstić information content (AvgIpc) is 3.26. The molecule has 0 spiro atoms. The van der Waals surface area contributed by atoms with Crippen molar-refractivity contribution < 1.29 is 4.39 Å². The molecule has 2 heterocycles. The molecule has 1 saturated heterocycles. The molecule has 1 aromatic carbocycles. The molecule has 1 aliphatic carbocycles. The highest BCUT2D eigenvalue weighted by Gasteiger charge is 2.32. The zero-order valence-electron chi connectivity index (χ0n) is 11.9. The summed E-state index contributed by atoms with van der Waals surface area (Å²) in [5.74, 6) is 0.356. The average molecular weight is 286 g/mol. The van der Waals surface area contributed by atoms with Crippen molar-refractivity contribution in [2.45, 2.75) is 18.8 Å². The van der Waals surface area contributed by atoms with Crippen LogP contribution in [0, 0.1) is 5.82 Å². The zero-order chi connectivity index (χ0) is 14.2. The second-order valence-electron chi connectivity index (χ2n) is 5.82. The van der Waals surface area contributed by atoms with Crippen molar-refractivity contribution in [3.63, 3.8) is 0 Å². The number of anilines is 1. The molecule has 1 saturated carbocycles. The van der Waals surface area contributed by atoms with Gasteiger partial charge in [-0.1, -0.05) is 6.07 Å². The summed E-state index contributed by atoms with van der Waals surface area (Å²) in [5, 5.41) is 7.93. The van der Waals surface area contributed by atoms with Crippen molar-refractivity contribution in [1.29, 1.82) is 0 Å². The lowest BCUT2D eigenvalue weighted by Gasteiger charge is -2.29. The van der Waals surface area contributed by atoms with E-state index in [0.717, 1.165) is 31.9 Å². The first-order valence-corrected chi connectivity index (χ1v) is 7.62. The summed E-state index contributed by atoms with van der Waals surface area (Å²) in [6, 6.07) is 6.69. The molecule has 21 heavy (non-hydrogen) atoms. The standard InChI is InChI=1S/C16H19FN4/c17-13-2-1-3-14(10-13)21-16(12-4-5-12)15(11-19-21)20-8-6-18-7-9-20/h1-3,10-12,18H,4-9H2. The molecular formula is C16H19FN4. The lowest BCUT2D eigenvalue weighted by molar-refractivity contribution is 0.587. The van der Waals surface area contributed by atoms with Gasteiger partial charge in [-0.15, -0.1) is 0 Å². The van der Waals surface area contributed by atoms with E-state index in [2.05, 4.69) is 15.3 Å². The molecule has 0 bridgehead atoms. The molecule has 0 atom stereocenters. The van der Waals surface area contributed by atoms with Crippen LogP contribution in [0.5, 0.6) is 0 Å². The van der Waals surface area contributed by atoms with Crippen LogP contribution >= 0.6 is 0 Å². The molecule has 0 unspecified atom stereocenters. The molecule has 1 aliphatic heterocycles. The van der Waals surface area contributed by atoms with E-state index in [1.54, 1.807) is 12.1 Å². The smallest absolute Gasteiger partial charge is 0.125 e. The summed E-state index contributed by atoms with van der Waals surface area (Å²) in [6.45, 7) is 4.04. The highest BCUT2D eigenvalue weighted by molar-refractivity contribution is 5.55. The van der Waals surface area contributed by atoms with Gasteiger partial charge in [0.2, 0.25) is 0 Å². The fraction of sp³-hybridized carbons (Fsp3) is 0.438. The largest absolute Gasteiger partial charge is 0.366 e. The summed E-state index contributed by atoms with van der Waals surface area (Å²) in [5.41, 5.74) is 3.30. The summed E-state index contributed by atoms with van der Waals surface area (Å²) >= 11 is 0. The van der Waals surface area contributed by atoms with Crippen LogP contribution in [0.15, 0.2) is 30.5 Å². The first kappa shape index (κ1) is 12.8.